The predicted molar refractivity (Wildman–Crippen MR) is 91.1 cm³/mol. The molecule has 2 N–H and O–H groups in total. The first kappa shape index (κ1) is 17.1. The maximum Gasteiger partial charge on any atom is 0.315 e. The van der Waals surface area contributed by atoms with Crippen LogP contribution in [0.4, 0.5) is 4.79 Å². The topological polar surface area (TPSA) is 44.4 Å². The van der Waals surface area contributed by atoms with Gasteiger partial charge in [0.05, 0.1) is 0 Å². The number of nitrogens with one attached hydrogen (secondary N) is 2. The number of urea groups is 1. The summed E-state index contributed by atoms with van der Waals surface area (Å²) in [6.07, 6.45) is 2.41. The van der Waals surface area contributed by atoms with Crippen molar-refractivity contribution >= 4 is 17.6 Å². The van der Waals surface area contributed by atoms with E-state index in [0.29, 0.717) is 23.5 Å². The zero-order valence-electron chi connectivity index (χ0n) is 13.4. The van der Waals surface area contributed by atoms with E-state index in [1.54, 1.807) is 0 Å². The molecule has 1 unspecified atom stereocenters. The second-order valence-electron chi connectivity index (χ2n) is 6.29. The molecule has 5 heteroatoms. The minimum Gasteiger partial charge on any atom is -0.338 e. The lowest BCUT2D eigenvalue weighted by molar-refractivity contribution is 0.139. The summed E-state index contributed by atoms with van der Waals surface area (Å²) < 4.78 is 0. The molecule has 0 spiro atoms. The normalized spacial score (nSPS) is 19.2. The van der Waals surface area contributed by atoms with Gasteiger partial charge in [-0.25, -0.2) is 4.79 Å². The number of carbonyl (C=O) groups is 1. The Balaban J connectivity index is 1.68. The quantitative estimate of drug-likeness (QED) is 0.873. The fraction of sp³-hybridized carbons (Fsp3) is 0.588. The second kappa shape index (κ2) is 8.39. The lowest BCUT2D eigenvalue weighted by Crippen LogP contribution is -2.45. The third kappa shape index (κ3) is 5.50. The molecule has 1 heterocycles. The van der Waals surface area contributed by atoms with Gasteiger partial charge in [0.15, 0.2) is 0 Å². The molecule has 0 aromatic heterocycles. The van der Waals surface area contributed by atoms with Crippen LogP contribution in [0.5, 0.6) is 0 Å². The van der Waals surface area contributed by atoms with E-state index in [1.165, 1.54) is 19.4 Å². The summed E-state index contributed by atoms with van der Waals surface area (Å²) in [6, 6.07) is 7.99. The van der Waals surface area contributed by atoms with E-state index in [4.69, 9.17) is 11.6 Å². The van der Waals surface area contributed by atoms with Crippen molar-refractivity contribution in [1.29, 1.82) is 0 Å². The van der Waals surface area contributed by atoms with Crippen LogP contribution in [-0.4, -0.2) is 36.6 Å². The van der Waals surface area contributed by atoms with Gasteiger partial charge in [-0.2, -0.15) is 0 Å². The van der Waals surface area contributed by atoms with Crippen molar-refractivity contribution in [2.24, 2.45) is 5.92 Å². The summed E-state index contributed by atoms with van der Waals surface area (Å²) in [7, 11) is 0. The summed E-state index contributed by atoms with van der Waals surface area (Å²) in [5.74, 6) is 0.553. The van der Waals surface area contributed by atoms with E-state index in [0.717, 1.165) is 18.7 Å². The Morgan fingerprint density at radius 2 is 2.05 bits per heavy atom. The first-order chi connectivity index (χ1) is 10.5. The number of halogens is 1. The molecule has 1 atom stereocenters. The highest BCUT2D eigenvalue weighted by atomic mass is 35.5. The van der Waals surface area contributed by atoms with Crippen LogP contribution in [-0.2, 0) is 6.54 Å². The number of likely N-dealkylation sites (tertiary alicyclic amines) is 1. The number of amides is 2. The first-order valence-corrected chi connectivity index (χ1v) is 8.42. The van der Waals surface area contributed by atoms with Gasteiger partial charge in [0.25, 0.3) is 0 Å². The van der Waals surface area contributed by atoms with Crippen LogP contribution < -0.4 is 10.6 Å². The highest BCUT2D eigenvalue weighted by molar-refractivity contribution is 6.30. The number of hydrogen-bond acceptors (Lipinski definition) is 2. The van der Waals surface area contributed by atoms with E-state index >= 15 is 0 Å². The average molecular weight is 324 g/mol. The summed E-state index contributed by atoms with van der Waals surface area (Å²) in [5, 5.41) is 6.58. The van der Waals surface area contributed by atoms with Crippen LogP contribution >= 0.6 is 11.6 Å². The highest BCUT2D eigenvalue weighted by Gasteiger charge is 2.21. The minimum atomic E-state index is -0.100. The Bertz CT molecular complexity index is 475. The van der Waals surface area contributed by atoms with E-state index in [-0.39, 0.29) is 6.03 Å². The molecule has 1 aliphatic heterocycles. The van der Waals surface area contributed by atoms with Crippen molar-refractivity contribution in [3.05, 3.63) is 34.9 Å². The van der Waals surface area contributed by atoms with Crippen molar-refractivity contribution < 1.29 is 4.79 Å². The van der Waals surface area contributed by atoms with E-state index in [2.05, 4.69) is 29.4 Å². The maximum atomic E-state index is 11.9. The van der Waals surface area contributed by atoms with Crippen LogP contribution in [0.15, 0.2) is 24.3 Å². The largest absolute Gasteiger partial charge is 0.338 e. The van der Waals surface area contributed by atoms with Crippen LogP contribution in [0.3, 0.4) is 0 Å². The summed E-state index contributed by atoms with van der Waals surface area (Å²) in [5.41, 5.74) is 1.04. The molecule has 1 fully saturated rings. The number of benzene rings is 1. The van der Waals surface area contributed by atoms with Crippen molar-refractivity contribution in [3.8, 4) is 0 Å². The standard InChI is InChI=1S/C17H26ClN3O/c1-13(2)21-9-3-4-15(12-21)11-20-17(22)19-10-14-5-7-16(18)8-6-14/h5-8,13,15H,3-4,9-12H2,1-2H3,(H2,19,20,22). The number of carbonyl (C=O) groups excluding carboxylic acids is 1. The molecular formula is C17H26ClN3O. The molecule has 0 bridgehead atoms. The van der Waals surface area contributed by atoms with Crippen molar-refractivity contribution in [2.45, 2.75) is 39.3 Å². The molecule has 2 rings (SSSR count). The summed E-state index contributed by atoms with van der Waals surface area (Å²) in [6.45, 7) is 7.98. The Morgan fingerprint density at radius 3 is 2.73 bits per heavy atom. The Morgan fingerprint density at radius 1 is 1.32 bits per heavy atom. The molecular weight excluding hydrogens is 298 g/mol. The fourth-order valence-corrected chi connectivity index (χ4v) is 2.94. The number of piperidine rings is 1. The number of nitrogens with zero attached hydrogens (tertiary/aromatic N) is 1. The average Bonchev–Trinajstić information content (AvgIpc) is 2.52. The number of rotatable bonds is 5. The van der Waals surface area contributed by atoms with Crippen LogP contribution in [0.2, 0.25) is 5.02 Å². The third-order valence-corrected chi connectivity index (χ3v) is 4.45. The van der Waals surface area contributed by atoms with Gasteiger partial charge in [-0.3, -0.25) is 0 Å². The molecule has 2 amide bonds. The molecule has 122 valence electrons. The fourth-order valence-electron chi connectivity index (χ4n) is 2.82. The first-order valence-electron chi connectivity index (χ1n) is 8.05. The van der Waals surface area contributed by atoms with Crippen molar-refractivity contribution in [1.82, 2.24) is 15.5 Å². The molecule has 0 saturated carbocycles. The molecule has 1 aromatic carbocycles. The third-order valence-electron chi connectivity index (χ3n) is 4.20. The Labute approximate surface area is 138 Å². The highest BCUT2D eigenvalue weighted by Crippen LogP contribution is 2.17. The Kier molecular flexibility index (Phi) is 6.52. The second-order valence-corrected chi connectivity index (χ2v) is 6.72. The zero-order chi connectivity index (χ0) is 15.9. The van der Waals surface area contributed by atoms with Gasteiger partial charge >= 0.3 is 6.03 Å². The van der Waals surface area contributed by atoms with Crippen LogP contribution in [0, 0.1) is 5.92 Å². The van der Waals surface area contributed by atoms with Crippen LogP contribution in [0.25, 0.3) is 0 Å². The van der Waals surface area contributed by atoms with Crippen LogP contribution in [0.1, 0.15) is 32.3 Å². The van der Waals surface area contributed by atoms with Gasteiger partial charge in [0.2, 0.25) is 0 Å². The molecule has 1 saturated heterocycles. The van der Waals surface area contributed by atoms with Crippen molar-refractivity contribution in [2.75, 3.05) is 19.6 Å². The predicted octanol–water partition coefficient (Wildman–Crippen LogP) is 3.26. The smallest absolute Gasteiger partial charge is 0.315 e. The lowest BCUT2D eigenvalue weighted by Gasteiger charge is -2.35. The van der Waals surface area contributed by atoms with E-state index in [1.807, 2.05) is 24.3 Å². The summed E-state index contributed by atoms with van der Waals surface area (Å²) in [4.78, 5) is 14.4. The molecule has 4 nitrogen and oxygen atoms in total. The zero-order valence-corrected chi connectivity index (χ0v) is 14.2. The van der Waals surface area contributed by atoms with Gasteiger partial charge < -0.3 is 15.5 Å². The molecule has 0 aliphatic carbocycles. The van der Waals surface area contributed by atoms with E-state index in [9.17, 15) is 4.79 Å². The minimum absolute atomic E-state index is 0.100. The number of hydrogen-bond donors (Lipinski definition) is 2. The SMILES string of the molecule is CC(C)N1CCCC(CNC(=O)NCc2ccc(Cl)cc2)C1. The lowest BCUT2D eigenvalue weighted by atomic mass is 9.97. The maximum absolute atomic E-state index is 11.9. The van der Waals surface area contributed by atoms with Gasteiger partial charge in [-0.15, -0.1) is 0 Å². The van der Waals surface area contributed by atoms with Gasteiger partial charge in [0, 0.05) is 30.7 Å². The van der Waals surface area contributed by atoms with Gasteiger partial charge in [-0.05, 0) is 56.8 Å². The van der Waals surface area contributed by atoms with E-state index < -0.39 is 0 Å². The monoisotopic (exact) mass is 323 g/mol. The molecule has 1 aliphatic rings. The van der Waals surface area contributed by atoms with Gasteiger partial charge in [-0.1, -0.05) is 23.7 Å². The molecule has 0 radical (unpaired) electrons. The van der Waals surface area contributed by atoms with Gasteiger partial charge in [0.1, 0.15) is 0 Å². The summed E-state index contributed by atoms with van der Waals surface area (Å²) >= 11 is 5.84. The molecule has 22 heavy (non-hydrogen) atoms. The van der Waals surface area contributed by atoms with Crippen molar-refractivity contribution in [3.63, 3.8) is 0 Å². The molecule has 1 aromatic rings. The Hall–Kier alpha value is -1.26.